The molecule has 1 aliphatic rings. The van der Waals surface area contributed by atoms with E-state index in [-0.39, 0.29) is 11.6 Å². The average molecular weight is 524 g/mol. The Kier molecular flexibility index (Phi) is 7.70. The Morgan fingerprint density at radius 3 is 2.42 bits per heavy atom. The van der Waals surface area contributed by atoms with Gasteiger partial charge in [-0.25, -0.2) is 0 Å². The monoisotopic (exact) mass is 523 g/mol. The summed E-state index contributed by atoms with van der Waals surface area (Å²) >= 11 is 1.45. The van der Waals surface area contributed by atoms with Crippen LogP contribution in [0.2, 0.25) is 0 Å². The van der Waals surface area contributed by atoms with Crippen LogP contribution < -0.4 is 15.5 Å². The molecule has 3 amide bonds. The van der Waals surface area contributed by atoms with Gasteiger partial charge in [0, 0.05) is 34.5 Å². The van der Waals surface area contributed by atoms with Gasteiger partial charge in [-0.3, -0.25) is 14.4 Å². The molecule has 7 nitrogen and oxygen atoms in total. The first-order chi connectivity index (χ1) is 18.6. The summed E-state index contributed by atoms with van der Waals surface area (Å²) in [5.41, 5.74) is 3.22. The Balaban J connectivity index is 1.21. The fourth-order valence-electron chi connectivity index (χ4n) is 4.11. The van der Waals surface area contributed by atoms with Gasteiger partial charge in [-0.05, 0) is 66.6 Å². The third-order valence-electron chi connectivity index (χ3n) is 6.02. The molecule has 5 rings (SSSR count). The van der Waals surface area contributed by atoms with E-state index in [0.29, 0.717) is 29.3 Å². The van der Waals surface area contributed by atoms with Gasteiger partial charge in [-0.2, -0.15) is 0 Å². The molecule has 0 saturated carbocycles. The molecule has 0 atom stereocenters. The number of rotatable bonds is 8. The van der Waals surface area contributed by atoms with Gasteiger partial charge in [0.1, 0.15) is 11.5 Å². The molecule has 8 heteroatoms. The molecule has 1 aliphatic heterocycles. The largest absolute Gasteiger partial charge is 0.465 e. The zero-order valence-corrected chi connectivity index (χ0v) is 21.2. The maximum atomic E-state index is 13.1. The van der Waals surface area contributed by atoms with Crippen molar-refractivity contribution in [3.63, 3.8) is 0 Å². The van der Waals surface area contributed by atoms with Crippen LogP contribution in [0.4, 0.5) is 11.4 Å². The number of furan rings is 1. The number of benzene rings is 3. The molecule has 3 aromatic carbocycles. The predicted octanol–water partition coefficient (Wildman–Crippen LogP) is 5.37. The topological polar surface area (TPSA) is 91.7 Å². The highest BCUT2D eigenvalue weighted by molar-refractivity contribution is 8.00. The molecule has 2 N–H and O–H groups in total. The molecular weight excluding hydrogens is 498 g/mol. The number of thioether (sulfide) groups is 1. The van der Waals surface area contributed by atoms with Crippen LogP contribution >= 0.6 is 11.8 Å². The Morgan fingerprint density at radius 1 is 0.895 bits per heavy atom. The molecule has 0 radical (unpaired) electrons. The fourth-order valence-corrected chi connectivity index (χ4v) is 4.89. The maximum Gasteiger partial charge on any atom is 0.272 e. The lowest BCUT2D eigenvalue weighted by molar-refractivity contribution is -0.116. The van der Waals surface area contributed by atoms with Crippen LogP contribution in [-0.4, -0.2) is 30.0 Å². The number of hydrogen-bond donors (Lipinski definition) is 2. The van der Waals surface area contributed by atoms with E-state index in [2.05, 4.69) is 16.7 Å². The first-order valence-electron chi connectivity index (χ1n) is 12.1. The lowest BCUT2D eigenvalue weighted by Crippen LogP contribution is -2.30. The van der Waals surface area contributed by atoms with E-state index in [0.717, 1.165) is 17.0 Å². The normalized spacial score (nSPS) is 12.6. The minimum absolute atomic E-state index is 0.0451. The van der Waals surface area contributed by atoms with Gasteiger partial charge in [0.25, 0.3) is 11.8 Å². The summed E-state index contributed by atoms with van der Waals surface area (Å²) in [4.78, 5) is 41.3. The van der Waals surface area contributed by atoms with Crippen LogP contribution in [0.1, 0.15) is 21.7 Å². The van der Waals surface area contributed by atoms with Crippen molar-refractivity contribution in [2.45, 2.75) is 11.3 Å². The highest BCUT2D eigenvalue weighted by atomic mass is 32.2. The SMILES string of the molecule is O=C(Nc1ccc(SCC(=O)N2CCc3ccccc32)cc1)/C(=C/c1ccco1)NC(=O)c1ccccc1. The highest BCUT2D eigenvalue weighted by Crippen LogP contribution is 2.29. The molecule has 0 spiro atoms. The summed E-state index contributed by atoms with van der Waals surface area (Å²) in [7, 11) is 0. The number of amides is 3. The summed E-state index contributed by atoms with van der Waals surface area (Å²) < 4.78 is 5.33. The number of para-hydroxylation sites is 1. The molecular formula is C30H25N3O4S. The van der Waals surface area contributed by atoms with Gasteiger partial charge in [0.05, 0.1) is 12.0 Å². The number of nitrogens with one attached hydrogen (secondary N) is 2. The Morgan fingerprint density at radius 2 is 1.66 bits per heavy atom. The Bertz CT molecular complexity index is 1470. The number of carbonyl (C=O) groups is 3. The standard InChI is InChI=1S/C30H25N3O4S/c34-28(33-17-16-21-7-4-5-11-27(21)33)20-38-25-14-12-23(13-15-25)31-30(36)26(19-24-10-6-18-37-24)32-29(35)22-8-2-1-3-9-22/h1-15,18-19H,16-17,20H2,(H,31,36)(H,32,35)/b26-19-. The lowest BCUT2D eigenvalue weighted by atomic mass is 10.2. The molecule has 0 saturated heterocycles. The third kappa shape index (κ3) is 6.04. The van der Waals surface area contributed by atoms with Gasteiger partial charge < -0.3 is 20.0 Å². The van der Waals surface area contributed by atoms with Gasteiger partial charge in [0.15, 0.2) is 0 Å². The zero-order chi connectivity index (χ0) is 26.3. The van der Waals surface area contributed by atoms with Crippen LogP contribution in [0.5, 0.6) is 0 Å². The molecule has 0 unspecified atom stereocenters. The van der Waals surface area contributed by atoms with Crippen molar-refractivity contribution in [3.05, 3.63) is 120 Å². The van der Waals surface area contributed by atoms with Crippen LogP contribution in [0.15, 0.2) is 112 Å². The minimum Gasteiger partial charge on any atom is -0.465 e. The van der Waals surface area contributed by atoms with E-state index in [4.69, 9.17) is 4.42 Å². The molecule has 0 fully saturated rings. The van der Waals surface area contributed by atoms with Crippen molar-refractivity contribution in [2.24, 2.45) is 0 Å². The van der Waals surface area contributed by atoms with Crippen molar-refractivity contribution >= 4 is 46.9 Å². The predicted molar refractivity (Wildman–Crippen MR) is 149 cm³/mol. The number of carbonyl (C=O) groups excluding carboxylic acids is 3. The Labute approximate surface area is 224 Å². The molecule has 0 bridgehead atoms. The van der Waals surface area contributed by atoms with Crippen LogP contribution in [0.25, 0.3) is 6.08 Å². The first kappa shape index (κ1) is 25.1. The summed E-state index contributed by atoms with van der Waals surface area (Å²) in [6.07, 6.45) is 3.84. The van der Waals surface area contributed by atoms with Crippen LogP contribution in [-0.2, 0) is 16.0 Å². The van der Waals surface area contributed by atoms with E-state index in [1.165, 1.54) is 29.7 Å². The second-order valence-electron chi connectivity index (χ2n) is 8.58. The molecule has 1 aromatic heterocycles. The summed E-state index contributed by atoms with van der Waals surface area (Å²) in [5.74, 6) is -0.0778. The van der Waals surface area contributed by atoms with E-state index in [9.17, 15) is 14.4 Å². The van der Waals surface area contributed by atoms with Crippen molar-refractivity contribution in [3.8, 4) is 0 Å². The molecule has 2 heterocycles. The van der Waals surface area contributed by atoms with Crippen molar-refractivity contribution in [2.75, 3.05) is 22.5 Å². The summed E-state index contributed by atoms with van der Waals surface area (Å²) in [6, 6.07) is 27.3. The number of nitrogens with zero attached hydrogens (tertiary/aromatic N) is 1. The lowest BCUT2D eigenvalue weighted by Gasteiger charge is -2.17. The average Bonchev–Trinajstić information content (AvgIpc) is 3.63. The van der Waals surface area contributed by atoms with Crippen molar-refractivity contribution in [1.29, 1.82) is 0 Å². The van der Waals surface area contributed by atoms with Gasteiger partial charge in [-0.1, -0.05) is 36.4 Å². The minimum atomic E-state index is -0.492. The fraction of sp³-hybridized carbons (Fsp3) is 0.100. The molecule has 190 valence electrons. The van der Waals surface area contributed by atoms with E-state index < -0.39 is 11.8 Å². The van der Waals surface area contributed by atoms with Gasteiger partial charge in [-0.15, -0.1) is 11.8 Å². The van der Waals surface area contributed by atoms with E-state index in [1.54, 1.807) is 48.5 Å². The second kappa shape index (κ2) is 11.7. The van der Waals surface area contributed by atoms with Crippen LogP contribution in [0.3, 0.4) is 0 Å². The summed E-state index contributed by atoms with van der Waals surface area (Å²) in [6.45, 7) is 0.707. The molecule has 38 heavy (non-hydrogen) atoms. The Hall–Kier alpha value is -4.56. The van der Waals surface area contributed by atoms with E-state index >= 15 is 0 Å². The number of anilines is 2. The van der Waals surface area contributed by atoms with Gasteiger partial charge >= 0.3 is 0 Å². The van der Waals surface area contributed by atoms with E-state index in [1.807, 2.05) is 41.3 Å². The summed E-state index contributed by atoms with van der Waals surface area (Å²) in [5, 5.41) is 5.48. The quantitative estimate of drug-likeness (QED) is 0.239. The molecule has 0 aliphatic carbocycles. The van der Waals surface area contributed by atoms with Crippen molar-refractivity contribution < 1.29 is 18.8 Å². The number of fused-ring (bicyclic) bond motifs is 1. The molecule has 4 aromatic rings. The second-order valence-corrected chi connectivity index (χ2v) is 9.63. The van der Waals surface area contributed by atoms with Gasteiger partial charge in [0.2, 0.25) is 5.91 Å². The smallest absolute Gasteiger partial charge is 0.272 e. The van der Waals surface area contributed by atoms with Crippen molar-refractivity contribution in [1.82, 2.24) is 5.32 Å². The van der Waals surface area contributed by atoms with Crippen LogP contribution in [0, 0.1) is 0 Å². The zero-order valence-electron chi connectivity index (χ0n) is 20.4. The first-order valence-corrected chi connectivity index (χ1v) is 13.1. The number of hydrogen-bond acceptors (Lipinski definition) is 5. The maximum absolute atomic E-state index is 13.1. The third-order valence-corrected chi connectivity index (χ3v) is 7.02. The highest BCUT2D eigenvalue weighted by Gasteiger charge is 2.24.